The van der Waals surface area contributed by atoms with Crippen LogP contribution < -0.4 is 11.1 Å². The van der Waals surface area contributed by atoms with E-state index in [2.05, 4.69) is 51.8 Å². The van der Waals surface area contributed by atoms with E-state index >= 15 is 0 Å². The smallest absolute Gasteiger partial charge is 0.0743 e. The predicted molar refractivity (Wildman–Crippen MR) is 121 cm³/mol. The molecular weight excluding hydrogens is 354 g/mol. The molecule has 0 bridgehead atoms. The summed E-state index contributed by atoms with van der Waals surface area (Å²) in [4.78, 5) is 2.57. The Morgan fingerprint density at radius 1 is 1.15 bits per heavy atom. The van der Waals surface area contributed by atoms with Crippen LogP contribution >= 0.6 is 11.6 Å². The Kier molecular flexibility index (Phi) is 12.5. The summed E-state index contributed by atoms with van der Waals surface area (Å²) in [6.45, 7) is 16.1. The molecule has 162 valence electrons. The minimum Gasteiger partial charge on any atom is -0.328 e. The standard InChI is InChI=1S/C23H48ClN3/c1-7-11-20(18(6)25)23(19(9-3)15-26-14-8-2)21-13-12-17(5)27(16-24)22(21)10-4/h17-23,26H,7-16,25H2,1-6H3. The number of alkyl halides is 1. The van der Waals surface area contributed by atoms with Crippen LogP contribution in [0.3, 0.4) is 0 Å². The van der Waals surface area contributed by atoms with Crippen LogP contribution in [0.5, 0.6) is 0 Å². The molecule has 3 N–H and O–H groups in total. The fraction of sp³-hybridized carbons (Fsp3) is 1.00. The molecule has 7 unspecified atom stereocenters. The van der Waals surface area contributed by atoms with Crippen molar-refractivity contribution in [1.82, 2.24) is 10.2 Å². The van der Waals surface area contributed by atoms with Gasteiger partial charge in [0, 0.05) is 18.1 Å². The summed E-state index contributed by atoms with van der Waals surface area (Å²) in [7, 11) is 0. The molecule has 3 nitrogen and oxygen atoms in total. The Balaban J connectivity index is 3.20. The minimum atomic E-state index is 0.261. The Labute approximate surface area is 175 Å². The molecule has 7 atom stereocenters. The van der Waals surface area contributed by atoms with Crippen LogP contribution in [-0.2, 0) is 0 Å². The minimum absolute atomic E-state index is 0.261. The molecule has 0 aliphatic carbocycles. The Hall–Kier alpha value is 0.170. The first-order chi connectivity index (χ1) is 13.0. The van der Waals surface area contributed by atoms with Crippen LogP contribution in [-0.4, -0.2) is 42.1 Å². The third-order valence-corrected chi connectivity index (χ3v) is 7.42. The number of nitrogens with zero attached hydrogens (tertiary/aromatic N) is 1. The molecule has 1 fully saturated rings. The molecule has 0 amide bonds. The third kappa shape index (κ3) is 6.87. The maximum absolute atomic E-state index is 6.60. The van der Waals surface area contributed by atoms with E-state index in [1.807, 2.05) is 0 Å². The highest BCUT2D eigenvalue weighted by Gasteiger charge is 2.43. The van der Waals surface area contributed by atoms with E-state index in [9.17, 15) is 0 Å². The molecule has 1 aliphatic heterocycles. The summed E-state index contributed by atoms with van der Waals surface area (Å²) in [6.07, 6.45) is 8.68. The van der Waals surface area contributed by atoms with Gasteiger partial charge in [0.05, 0.1) is 6.00 Å². The van der Waals surface area contributed by atoms with Gasteiger partial charge in [-0.15, -0.1) is 11.6 Å². The summed E-state index contributed by atoms with van der Waals surface area (Å²) < 4.78 is 0. The molecule has 1 saturated heterocycles. The molecule has 0 saturated carbocycles. The molecule has 4 heteroatoms. The normalized spacial score (nSPS) is 28.7. The second-order valence-corrected chi connectivity index (χ2v) is 9.20. The maximum atomic E-state index is 6.60. The van der Waals surface area contributed by atoms with E-state index in [1.165, 1.54) is 44.9 Å². The first kappa shape index (κ1) is 25.2. The van der Waals surface area contributed by atoms with Crippen LogP contribution in [0.1, 0.15) is 86.5 Å². The van der Waals surface area contributed by atoms with Crippen molar-refractivity contribution in [1.29, 1.82) is 0 Å². The van der Waals surface area contributed by atoms with Gasteiger partial charge in [-0.05, 0) is 82.7 Å². The zero-order valence-corrected chi connectivity index (χ0v) is 19.8. The van der Waals surface area contributed by atoms with Gasteiger partial charge < -0.3 is 11.1 Å². The van der Waals surface area contributed by atoms with Crippen molar-refractivity contribution in [2.45, 2.75) is 105 Å². The topological polar surface area (TPSA) is 41.3 Å². The highest BCUT2D eigenvalue weighted by Crippen LogP contribution is 2.44. The van der Waals surface area contributed by atoms with E-state index in [-0.39, 0.29) is 6.04 Å². The van der Waals surface area contributed by atoms with Gasteiger partial charge in [-0.25, -0.2) is 0 Å². The van der Waals surface area contributed by atoms with Gasteiger partial charge in [0.1, 0.15) is 0 Å². The van der Waals surface area contributed by atoms with Gasteiger partial charge >= 0.3 is 0 Å². The van der Waals surface area contributed by atoms with Gasteiger partial charge in [0.2, 0.25) is 0 Å². The molecule has 0 radical (unpaired) electrons. The van der Waals surface area contributed by atoms with Crippen LogP contribution in [0.15, 0.2) is 0 Å². The average Bonchev–Trinajstić information content (AvgIpc) is 2.66. The van der Waals surface area contributed by atoms with Crippen molar-refractivity contribution in [3.8, 4) is 0 Å². The molecule has 0 aromatic rings. The van der Waals surface area contributed by atoms with Crippen molar-refractivity contribution in [2.24, 2.45) is 29.4 Å². The number of piperidine rings is 1. The number of likely N-dealkylation sites (tertiary alicyclic amines) is 1. The van der Waals surface area contributed by atoms with Crippen LogP contribution in [0.25, 0.3) is 0 Å². The molecule has 0 aromatic heterocycles. The Bertz CT molecular complexity index is 377. The second kappa shape index (κ2) is 13.4. The zero-order chi connectivity index (χ0) is 20.4. The highest BCUT2D eigenvalue weighted by atomic mass is 35.5. The number of nitrogens with one attached hydrogen (secondary N) is 1. The van der Waals surface area contributed by atoms with E-state index in [4.69, 9.17) is 17.3 Å². The number of rotatable bonds is 13. The average molecular weight is 402 g/mol. The number of nitrogens with two attached hydrogens (primary N) is 1. The predicted octanol–water partition coefficient (Wildman–Crippen LogP) is 5.47. The summed E-state index contributed by atoms with van der Waals surface area (Å²) >= 11 is 6.43. The lowest BCUT2D eigenvalue weighted by Crippen LogP contribution is -2.55. The summed E-state index contributed by atoms with van der Waals surface area (Å²) in [5.74, 6) is 2.69. The van der Waals surface area contributed by atoms with Crippen molar-refractivity contribution >= 4 is 11.6 Å². The van der Waals surface area contributed by atoms with Crippen molar-refractivity contribution < 1.29 is 0 Å². The molecular formula is C23H48ClN3. The Morgan fingerprint density at radius 3 is 2.33 bits per heavy atom. The van der Waals surface area contributed by atoms with Crippen molar-refractivity contribution in [3.05, 3.63) is 0 Å². The summed E-state index contributed by atoms with van der Waals surface area (Å²) in [6, 6.07) is 2.11. The zero-order valence-electron chi connectivity index (χ0n) is 19.0. The molecule has 0 spiro atoms. The van der Waals surface area contributed by atoms with Crippen molar-refractivity contribution in [2.75, 3.05) is 19.1 Å². The first-order valence-corrected chi connectivity index (χ1v) is 12.3. The molecule has 1 heterocycles. The summed E-state index contributed by atoms with van der Waals surface area (Å²) in [5.41, 5.74) is 6.60. The highest BCUT2D eigenvalue weighted by molar-refractivity contribution is 6.17. The van der Waals surface area contributed by atoms with Gasteiger partial charge in [0.15, 0.2) is 0 Å². The molecule has 27 heavy (non-hydrogen) atoms. The fourth-order valence-corrected chi connectivity index (χ4v) is 6.14. The van der Waals surface area contributed by atoms with E-state index in [0.29, 0.717) is 41.8 Å². The summed E-state index contributed by atoms with van der Waals surface area (Å²) in [5, 5.41) is 3.73. The molecule has 1 aliphatic rings. The lowest BCUT2D eigenvalue weighted by molar-refractivity contribution is -0.0108. The van der Waals surface area contributed by atoms with Crippen LogP contribution in [0.2, 0.25) is 0 Å². The lowest BCUT2D eigenvalue weighted by Gasteiger charge is -2.51. The van der Waals surface area contributed by atoms with E-state index in [0.717, 1.165) is 13.1 Å². The van der Waals surface area contributed by atoms with Gasteiger partial charge in [-0.2, -0.15) is 0 Å². The van der Waals surface area contributed by atoms with Gasteiger partial charge in [0.25, 0.3) is 0 Å². The Morgan fingerprint density at radius 2 is 1.85 bits per heavy atom. The number of hydrogen-bond acceptors (Lipinski definition) is 3. The molecule has 1 rings (SSSR count). The van der Waals surface area contributed by atoms with Crippen LogP contribution in [0, 0.1) is 23.7 Å². The quantitative estimate of drug-likeness (QED) is 0.244. The van der Waals surface area contributed by atoms with E-state index < -0.39 is 0 Å². The monoisotopic (exact) mass is 401 g/mol. The maximum Gasteiger partial charge on any atom is 0.0743 e. The number of hydrogen-bond donors (Lipinski definition) is 2. The fourth-order valence-electron chi connectivity index (χ4n) is 5.73. The SMILES string of the molecule is CCCNCC(CC)C(C(CCC)C(C)N)C1CCC(C)N(CCl)C1CC. The van der Waals surface area contributed by atoms with Gasteiger partial charge in [-0.3, -0.25) is 4.90 Å². The lowest BCUT2D eigenvalue weighted by atomic mass is 9.63. The second-order valence-electron chi connectivity index (χ2n) is 8.96. The third-order valence-electron chi connectivity index (χ3n) is 7.15. The van der Waals surface area contributed by atoms with Crippen molar-refractivity contribution in [3.63, 3.8) is 0 Å². The van der Waals surface area contributed by atoms with E-state index in [1.54, 1.807) is 0 Å². The molecule has 0 aromatic carbocycles. The number of halogens is 1. The first-order valence-electron chi connectivity index (χ1n) is 11.7. The van der Waals surface area contributed by atoms with Gasteiger partial charge in [-0.1, -0.05) is 40.5 Å². The van der Waals surface area contributed by atoms with Crippen LogP contribution in [0.4, 0.5) is 0 Å². The largest absolute Gasteiger partial charge is 0.328 e.